The molecule has 4 atom stereocenters. The second-order valence-corrected chi connectivity index (χ2v) is 9.49. The number of nitrogens with zero attached hydrogens (tertiary/aromatic N) is 2. The Kier molecular flexibility index (Phi) is 6.88. The lowest BCUT2D eigenvalue weighted by atomic mass is 9.77. The third-order valence-corrected chi connectivity index (χ3v) is 7.36. The van der Waals surface area contributed by atoms with Gasteiger partial charge in [0.2, 0.25) is 0 Å². The lowest BCUT2D eigenvalue weighted by Crippen LogP contribution is -2.42. The molecule has 2 fully saturated rings. The molecule has 3 heterocycles. The topological polar surface area (TPSA) is 68.3 Å². The first-order chi connectivity index (χ1) is 16.6. The SMILES string of the molecule is CCOc1ccc(C2C3=C(OC4CCC(F)CC4C3=O)C(=O)N2CCCN2CCOCC2)cc1. The summed E-state index contributed by atoms with van der Waals surface area (Å²) in [7, 11) is 0. The van der Waals surface area contributed by atoms with Crippen LogP contribution < -0.4 is 4.74 Å². The Hall–Kier alpha value is -2.45. The molecule has 8 heteroatoms. The van der Waals surface area contributed by atoms with Crippen LogP contribution in [0, 0.1) is 5.92 Å². The van der Waals surface area contributed by atoms with E-state index in [1.165, 1.54) is 0 Å². The third-order valence-electron chi connectivity index (χ3n) is 7.36. The number of halogens is 1. The highest BCUT2D eigenvalue weighted by Gasteiger charge is 2.52. The van der Waals surface area contributed by atoms with E-state index in [1.807, 2.05) is 31.2 Å². The minimum atomic E-state index is -0.999. The quantitative estimate of drug-likeness (QED) is 0.608. The minimum absolute atomic E-state index is 0.128. The van der Waals surface area contributed by atoms with E-state index in [0.29, 0.717) is 31.6 Å². The van der Waals surface area contributed by atoms with Crippen molar-refractivity contribution in [2.45, 2.75) is 50.9 Å². The number of hydrogen-bond donors (Lipinski definition) is 0. The normalized spacial score (nSPS) is 29.6. The van der Waals surface area contributed by atoms with E-state index in [9.17, 15) is 14.0 Å². The predicted octanol–water partition coefficient (Wildman–Crippen LogP) is 3.05. The van der Waals surface area contributed by atoms with Crippen molar-refractivity contribution in [3.8, 4) is 5.75 Å². The summed E-state index contributed by atoms with van der Waals surface area (Å²) in [4.78, 5) is 31.2. The molecule has 5 rings (SSSR count). The molecule has 1 aromatic rings. The summed E-state index contributed by atoms with van der Waals surface area (Å²) in [6.45, 7) is 7.09. The van der Waals surface area contributed by atoms with Crippen LogP contribution in [-0.2, 0) is 19.1 Å². The van der Waals surface area contributed by atoms with Gasteiger partial charge in [-0.05, 0) is 50.3 Å². The molecule has 0 bridgehead atoms. The summed E-state index contributed by atoms with van der Waals surface area (Å²) in [6, 6.07) is 7.03. The van der Waals surface area contributed by atoms with Crippen molar-refractivity contribution in [1.29, 1.82) is 0 Å². The Labute approximate surface area is 199 Å². The number of benzene rings is 1. The van der Waals surface area contributed by atoms with E-state index in [1.54, 1.807) is 4.90 Å². The van der Waals surface area contributed by atoms with Crippen LogP contribution in [0.3, 0.4) is 0 Å². The maximum Gasteiger partial charge on any atom is 0.290 e. The van der Waals surface area contributed by atoms with Crippen molar-refractivity contribution in [2.24, 2.45) is 5.92 Å². The van der Waals surface area contributed by atoms with Gasteiger partial charge in [-0.15, -0.1) is 0 Å². The van der Waals surface area contributed by atoms with Crippen molar-refractivity contribution in [3.05, 3.63) is 41.2 Å². The second-order valence-electron chi connectivity index (χ2n) is 9.49. The van der Waals surface area contributed by atoms with Gasteiger partial charge in [-0.3, -0.25) is 14.5 Å². The molecule has 1 aliphatic carbocycles. The van der Waals surface area contributed by atoms with Crippen LogP contribution in [0.25, 0.3) is 0 Å². The average molecular weight is 473 g/mol. The summed E-state index contributed by atoms with van der Waals surface area (Å²) in [5, 5.41) is 0. The van der Waals surface area contributed by atoms with E-state index in [-0.39, 0.29) is 23.9 Å². The number of rotatable bonds is 7. The molecule has 7 nitrogen and oxygen atoms in total. The highest BCUT2D eigenvalue weighted by Crippen LogP contribution is 2.47. The van der Waals surface area contributed by atoms with Gasteiger partial charge in [0, 0.05) is 26.2 Å². The van der Waals surface area contributed by atoms with Crippen molar-refractivity contribution in [1.82, 2.24) is 9.80 Å². The Morgan fingerprint density at radius 2 is 1.85 bits per heavy atom. The van der Waals surface area contributed by atoms with Crippen LogP contribution in [0.4, 0.5) is 4.39 Å². The molecule has 1 aromatic carbocycles. The van der Waals surface area contributed by atoms with Gasteiger partial charge < -0.3 is 19.1 Å². The molecule has 34 heavy (non-hydrogen) atoms. The molecular weight excluding hydrogens is 439 g/mol. The van der Waals surface area contributed by atoms with E-state index in [2.05, 4.69) is 4.90 Å². The number of ether oxygens (including phenoxy) is 3. The molecule has 0 N–H and O–H groups in total. The van der Waals surface area contributed by atoms with Gasteiger partial charge in [-0.25, -0.2) is 4.39 Å². The van der Waals surface area contributed by atoms with Crippen molar-refractivity contribution in [3.63, 3.8) is 0 Å². The number of ketones is 1. The Morgan fingerprint density at radius 1 is 1.09 bits per heavy atom. The molecule has 0 radical (unpaired) electrons. The van der Waals surface area contributed by atoms with Gasteiger partial charge >= 0.3 is 0 Å². The standard InChI is InChI=1S/C26H33FN2O5/c1-2-33-19-7-4-17(5-8-19)23-22-24(30)20-16-18(27)6-9-21(20)34-25(22)26(31)29(23)11-3-10-28-12-14-32-15-13-28/h4-5,7-8,18,20-21,23H,2-3,6,9-16H2,1H3. The maximum absolute atomic E-state index is 14.2. The van der Waals surface area contributed by atoms with Gasteiger partial charge in [0.15, 0.2) is 11.5 Å². The first-order valence-corrected chi connectivity index (χ1v) is 12.5. The lowest BCUT2D eigenvalue weighted by molar-refractivity contribution is -0.136. The first-order valence-electron chi connectivity index (χ1n) is 12.5. The highest BCUT2D eigenvalue weighted by molar-refractivity contribution is 6.11. The summed E-state index contributed by atoms with van der Waals surface area (Å²) in [5.41, 5.74) is 1.24. The van der Waals surface area contributed by atoms with E-state index in [4.69, 9.17) is 14.2 Å². The van der Waals surface area contributed by atoms with Gasteiger partial charge in [-0.2, -0.15) is 0 Å². The van der Waals surface area contributed by atoms with Crippen LogP contribution in [-0.4, -0.2) is 79.8 Å². The highest BCUT2D eigenvalue weighted by atomic mass is 19.1. The Bertz CT molecular complexity index is 943. The number of hydrogen-bond acceptors (Lipinski definition) is 6. The first kappa shape index (κ1) is 23.3. The van der Waals surface area contributed by atoms with Crippen LogP contribution in [0.2, 0.25) is 0 Å². The summed E-state index contributed by atoms with van der Waals surface area (Å²) < 4.78 is 31.3. The molecule has 1 saturated heterocycles. The zero-order valence-corrected chi connectivity index (χ0v) is 19.7. The number of Topliss-reactive ketones (excluding diaryl/α,β-unsaturated/α-hetero) is 1. The molecule has 184 valence electrons. The summed E-state index contributed by atoms with van der Waals surface area (Å²) in [5.74, 6) is 0.0339. The van der Waals surface area contributed by atoms with Crippen molar-refractivity contribution in [2.75, 3.05) is 46.0 Å². The Morgan fingerprint density at radius 3 is 2.59 bits per heavy atom. The van der Waals surface area contributed by atoms with Crippen LogP contribution >= 0.6 is 0 Å². The summed E-state index contributed by atoms with van der Waals surface area (Å²) >= 11 is 0. The lowest BCUT2D eigenvalue weighted by Gasteiger charge is -2.36. The number of fused-ring (bicyclic) bond motifs is 1. The fourth-order valence-corrected chi connectivity index (χ4v) is 5.64. The van der Waals surface area contributed by atoms with Gasteiger partial charge in [-0.1, -0.05) is 12.1 Å². The predicted molar refractivity (Wildman–Crippen MR) is 123 cm³/mol. The Balaban J connectivity index is 1.41. The number of amides is 1. The third kappa shape index (κ3) is 4.45. The van der Waals surface area contributed by atoms with Crippen LogP contribution in [0.5, 0.6) is 5.75 Å². The van der Waals surface area contributed by atoms with Crippen LogP contribution in [0.15, 0.2) is 35.6 Å². The zero-order chi connectivity index (χ0) is 23.7. The van der Waals surface area contributed by atoms with E-state index >= 15 is 0 Å². The monoisotopic (exact) mass is 472 g/mol. The fourth-order valence-electron chi connectivity index (χ4n) is 5.64. The van der Waals surface area contributed by atoms with Gasteiger partial charge in [0.05, 0.1) is 37.4 Å². The van der Waals surface area contributed by atoms with E-state index in [0.717, 1.165) is 50.6 Å². The van der Waals surface area contributed by atoms with Crippen molar-refractivity contribution < 1.29 is 28.2 Å². The molecule has 3 aliphatic heterocycles. The average Bonchev–Trinajstić information content (AvgIpc) is 3.13. The fraction of sp³-hybridized carbons (Fsp3) is 0.615. The minimum Gasteiger partial charge on any atom is -0.494 e. The van der Waals surface area contributed by atoms with Crippen molar-refractivity contribution >= 4 is 11.7 Å². The van der Waals surface area contributed by atoms with Gasteiger partial charge in [0.25, 0.3) is 5.91 Å². The number of alkyl halides is 1. The molecule has 1 amide bonds. The largest absolute Gasteiger partial charge is 0.494 e. The zero-order valence-electron chi connectivity index (χ0n) is 19.7. The molecule has 4 aliphatic rings. The second kappa shape index (κ2) is 10.0. The molecule has 4 unspecified atom stereocenters. The van der Waals surface area contributed by atoms with Gasteiger partial charge in [0.1, 0.15) is 18.0 Å². The number of carbonyl (C=O) groups is 2. The summed E-state index contributed by atoms with van der Waals surface area (Å²) in [6.07, 6.45) is 0.385. The molecule has 0 aromatic heterocycles. The smallest absolute Gasteiger partial charge is 0.290 e. The number of carbonyl (C=O) groups excluding carboxylic acids is 2. The molecule has 1 saturated carbocycles. The molecule has 0 spiro atoms. The van der Waals surface area contributed by atoms with E-state index < -0.39 is 24.2 Å². The molecular formula is C26H33FN2O5. The van der Waals surface area contributed by atoms with Crippen LogP contribution in [0.1, 0.15) is 44.2 Å². The number of morpholine rings is 1. The maximum atomic E-state index is 14.2.